The van der Waals surface area contributed by atoms with Gasteiger partial charge >= 0.3 is 0 Å². The largest absolute Gasteiger partial charge is 0.369 e. The second-order valence-corrected chi connectivity index (χ2v) is 6.85. The molecule has 1 saturated heterocycles. The normalized spacial score (nSPS) is 20.7. The number of hydrogen-bond acceptors (Lipinski definition) is 2. The van der Waals surface area contributed by atoms with Gasteiger partial charge in [-0.3, -0.25) is 4.90 Å². The highest BCUT2D eigenvalue weighted by atomic mass is 15.2. The molecule has 0 spiro atoms. The minimum atomic E-state index is 0.644. The molecule has 4 rings (SSSR count). The first kappa shape index (κ1) is 14.5. The smallest absolute Gasteiger partial charge is 0.0433 e. The standard InChI is InChI=1S/C21H24N2/c1-17-6-8-18(9-7-17)14-22-12-11-21(16-22)23-13-10-19-4-2-3-5-20(19)15-23/h2-10,13,21H,11-12,14-16H2,1H3. The van der Waals surface area contributed by atoms with E-state index >= 15 is 0 Å². The topological polar surface area (TPSA) is 6.48 Å². The molecule has 2 aromatic rings. The molecule has 0 aliphatic carbocycles. The van der Waals surface area contributed by atoms with Gasteiger partial charge in [-0.25, -0.2) is 0 Å². The highest BCUT2D eigenvalue weighted by Gasteiger charge is 2.27. The summed E-state index contributed by atoms with van der Waals surface area (Å²) in [4.78, 5) is 5.11. The van der Waals surface area contributed by atoms with E-state index in [4.69, 9.17) is 0 Å². The Bertz CT molecular complexity index is 702. The van der Waals surface area contributed by atoms with Crippen LogP contribution in [0.25, 0.3) is 6.08 Å². The predicted octanol–water partition coefficient (Wildman–Crippen LogP) is 4.06. The van der Waals surface area contributed by atoms with Crippen molar-refractivity contribution in [3.05, 3.63) is 77.0 Å². The Labute approximate surface area is 139 Å². The second kappa shape index (κ2) is 6.21. The van der Waals surface area contributed by atoms with Crippen molar-refractivity contribution in [2.24, 2.45) is 0 Å². The number of hydrogen-bond donors (Lipinski definition) is 0. The quantitative estimate of drug-likeness (QED) is 0.844. The second-order valence-electron chi connectivity index (χ2n) is 6.85. The molecule has 1 unspecified atom stereocenters. The molecule has 0 aromatic heterocycles. The Morgan fingerprint density at radius 3 is 2.74 bits per heavy atom. The van der Waals surface area contributed by atoms with E-state index in [1.165, 1.54) is 41.8 Å². The summed E-state index contributed by atoms with van der Waals surface area (Å²) in [7, 11) is 0. The lowest BCUT2D eigenvalue weighted by Crippen LogP contribution is -2.34. The third-order valence-electron chi connectivity index (χ3n) is 5.10. The fraction of sp³-hybridized carbons (Fsp3) is 0.333. The summed E-state index contributed by atoms with van der Waals surface area (Å²) in [5, 5.41) is 0. The molecule has 0 amide bonds. The molecule has 0 bridgehead atoms. The summed E-state index contributed by atoms with van der Waals surface area (Å²) < 4.78 is 0. The van der Waals surface area contributed by atoms with Gasteiger partial charge in [0.25, 0.3) is 0 Å². The molecule has 1 fully saturated rings. The Balaban J connectivity index is 1.38. The van der Waals surface area contributed by atoms with E-state index in [1.54, 1.807) is 0 Å². The van der Waals surface area contributed by atoms with Crippen LogP contribution in [0.1, 0.15) is 28.7 Å². The van der Waals surface area contributed by atoms with E-state index in [2.05, 4.69) is 77.5 Å². The van der Waals surface area contributed by atoms with Crippen molar-refractivity contribution in [3.63, 3.8) is 0 Å². The predicted molar refractivity (Wildman–Crippen MR) is 95.9 cm³/mol. The number of aryl methyl sites for hydroxylation is 1. The van der Waals surface area contributed by atoms with Crippen LogP contribution in [0.5, 0.6) is 0 Å². The summed E-state index contributed by atoms with van der Waals surface area (Å²) in [5.41, 5.74) is 5.59. The van der Waals surface area contributed by atoms with Gasteiger partial charge in [0.2, 0.25) is 0 Å². The maximum absolute atomic E-state index is 2.59. The Morgan fingerprint density at radius 2 is 1.87 bits per heavy atom. The van der Waals surface area contributed by atoms with Gasteiger partial charge < -0.3 is 4.90 Å². The van der Waals surface area contributed by atoms with E-state index in [0.717, 1.165) is 13.1 Å². The van der Waals surface area contributed by atoms with Crippen LogP contribution in [0, 0.1) is 6.92 Å². The molecule has 2 aliphatic heterocycles. The summed E-state index contributed by atoms with van der Waals surface area (Å²) >= 11 is 0. The Kier molecular flexibility index (Phi) is 3.92. The number of likely N-dealkylation sites (tertiary alicyclic amines) is 1. The van der Waals surface area contributed by atoms with Crippen LogP contribution in [-0.2, 0) is 13.1 Å². The minimum Gasteiger partial charge on any atom is -0.369 e. The van der Waals surface area contributed by atoms with Crippen LogP contribution in [0.3, 0.4) is 0 Å². The molecule has 1 atom stereocenters. The van der Waals surface area contributed by atoms with Gasteiger partial charge in [-0.2, -0.15) is 0 Å². The van der Waals surface area contributed by atoms with Crippen molar-refractivity contribution < 1.29 is 0 Å². The molecule has 2 heterocycles. The molecule has 2 nitrogen and oxygen atoms in total. The lowest BCUT2D eigenvalue weighted by molar-refractivity contribution is 0.247. The van der Waals surface area contributed by atoms with Gasteiger partial charge in [0.15, 0.2) is 0 Å². The summed E-state index contributed by atoms with van der Waals surface area (Å²) in [6.45, 7) is 6.64. The minimum absolute atomic E-state index is 0.644. The highest BCUT2D eigenvalue weighted by molar-refractivity contribution is 5.55. The number of fused-ring (bicyclic) bond motifs is 1. The van der Waals surface area contributed by atoms with Gasteiger partial charge in [0, 0.05) is 38.4 Å². The lowest BCUT2D eigenvalue weighted by Gasteiger charge is -2.31. The van der Waals surface area contributed by atoms with Crippen molar-refractivity contribution in [3.8, 4) is 0 Å². The molecular formula is C21H24N2. The first-order chi connectivity index (χ1) is 11.3. The molecule has 0 saturated carbocycles. The van der Waals surface area contributed by atoms with Crippen molar-refractivity contribution >= 4 is 6.08 Å². The van der Waals surface area contributed by atoms with Gasteiger partial charge in [-0.15, -0.1) is 0 Å². The van der Waals surface area contributed by atoms with E-state index in [0.29, 0.717) is 6.04 Å². The van der Waals surface area contributed by atoms with Crippen LogP contribution in [0.4, 0.5) is 0 Å². The Morgan fingerprint density at radius 1 is 1.04 bits per heavy atom. The zero-order chi connectivity index (χ0) is 15.6. The first-order valence-electron chi connectivity index (χ1n) is 8.58. The number of benzene rings is 2. The zero-order valence-electron chi connectivity index (χ0n) is 13.8. The van der Waals surface area contributed by atoms with Crippen molar-refractivity contribution in [1.82, 2.24) is 9.80 Å². The van der Waals surface area contributed by atoms with Gasteiger partial charge in [-0.1, -0.05) is 54.1 Å². The van der Waals surface area contributed by atoms with Gasteiger partial charge in [-0.05, 0) is 36.1 Å². The number of nitrogens with zero attached hydrogens (tertiary/aromatic N) is 2. The first-order valence-corrected chi connectivity index (χ1v) is 8.58. The third-order valence-corrected chi connectivity index (χ3v) is 5.10. The third kappa shape index (κ3) is 3.18. The SMILES string of the molecule is Cc1ccc(CN2CCC(N3C=Cc4ccccc4C3)C2)cc1. The van der Waals surface area contributed by atoms with Gasteiger partial charge in [0.1, 0.15) is 0 Å². The lowest BCUT2D eigenvalue weighted by atomic mass is 10.0. The van der Waals surface area contributed by atoms with Crippen LogP contribution in [0.2, 0.25) is 0 Å². The average molecular weight is 304 g/mol. The molecule has 2 heteroatoms. The van der Waals surface area contributed by atoms with E-state index in [1.807, 2.05) is 0 Å². The summed E-state index contributed by atoms with van der Waals surface area (Å²) in [5.74, 6) is 0. The van der Waals surface area contributed by atoms with Crippen LogP contribution >= 0.6 is 0 Å². The molecule has 23 heavy (non-hydrogen) atoms. The fourth-order valence-electron chi connectivity index (χ4n) is 3.70. The van der Waals surface area contributed by atoms with Crippen molar-refractivity contribution in [2.75, 3.05) is 13.1 Å². The molecule has 118 valence electrons. The molecule has 2 aliphatic rings. The summed E-state index contributed by atoms with van der Waals surface area (Å²) in [6, 6.07) is 18.3. The average Bonchev–Trinajstić information content (AvgIpc) is 3.05. The summed E-state index contributed by atoms with van der Waals surface area (Å²) in [6.07, 6.45) is 5.82. The van der Waals surface area contributed by atoms with Crippen LogP contribution in [-0.4, -0.2) is 28.9 Å². The molecule has 0 radical (unpaired) electrons. The number of rotatable bonds is 3. The van der Waals surface area contributed by atoms with E-state index in [9.17, 15) is 0 Å². The van der Waals surface area contributed by atoms with Crippen LogP contribution < -0.4 is 0 Å². The zero-order valence-corrected chi connectivity index (χ0v) is 13.8. The monoisotopic (exact) mass is 304 g/mol. The molecular weight excluding hydrogens is 280 g/mol. The highest BCUT2D eigenvalue weighted by Crippen LogP contribution is 2.25. The van der Waals surface area contributed by atoms with Crippen LogP contribution in [0.15, 0.2) is 54.7 Å². The van der Waals surface area contributed by atoms with Crippen molar-refractivity contribution in [1.29, 1.82) is 0 Å². The Hall–Kier alpha value is -2.06. The van der Waals surface area contributed by atoms with E-state index in [-0.39, 0.29) is 0 Å². The maximum atomic E-state index is 2.59. The maximum Gasteiger partial charge on any atom is 0.0433 e. The van der Waals surface area contributed by atoms with E-state index < -0.39 is 0 Å². The van der Waals surface area contributed by atoms with Gasteiger partial charge in [0.05, 0.1) is 0 Å². The molecule has 0 N–H and O–H groups in total. The fourth-order valence-corrected chi connectivity index (χ4v) is 3.70. The molecule has 2 aromatic carbocycles. The van der Waals surface area contributed by atoms with Crippen molar-refractivity contribution in [2.45, 2.75) is 32.5 Å².